The van der Waals surface area contributed by atoms with Crippen LogP contribution in [0.15, 0.2) is 189 Å². The first-order valence-corrected chi connectivity index (χ1v) is 17.1. The average Bonchev–Trinajstić information content (AvgIpc) is 3.51. The van der Waals surface area contributed by atoms with Crippen LogP contribution in [0.1, 0.15) is 5.56 Å². The van der Waals surface area contributed by atoms with Gasteiger partial charge in [0.15, 0.2) is 0 Å². The van der Waals surface area contributed by atoms with Crippen molar-refractivity contribution in [2.45, 2.75) is 0 Å². The summed E-state index contributed by atoms with van der Waals surface area (Å²) in [5.41, 5.74) is 10.2. The molecule has 0 bridgehead atoms. The minimum absolute atomic E-state index is 0.982. The zero-order valence-corrected chi connectivity index (χ0v) is 27.4. The second kappa shape index (κ2) is 11.2. The molecule has 2 nitrogen and oxygen atoms in total. The van der Waals surface area contributed by atoms with Crippen molar-refractivity contribution in [2.24, 2.45) is 0 Å². The molecular weight excluding hydrogens is 605 g/mol. The number of benzene rings is 8. The Balaban J connectivity index is 1.13. The summed E-state index contributed by atoms with van der Waals surface area (Å²) in [6.45, 7) is 4.52. The fraction of sp³-hybridized carbons (Fsp3) is 0. The van der Waals surface area contributed by atoms with E-state index in [1.54, 1.807) is 0 Å². The highest BCUT2D eigenvalue weighted by molar-refractivity contribution is 6.25. The molecule has 10 rings (SSSR count). The smallest absolute Gasteiger partial charge is 0.0541 e. The van der Waals surface area contributed by atoms with Crippen LogP contribution in [0.4, 0.5) is 11.4 Å². The highest BCUT2D eigenvalue weighted by Gasteiger charge is 2.18. The summed E-state index contributed by atoms with van der Waals surface area (Å²) in [5.74, 6) is 0. The third kappa shape index (κ3) is 4.36. The largest absolute Gasteiger partial charge is 0.317 e. The van der Waals surface area contributed by atoms with Crippen molar-refractivity contribution in [2.75, 3.05) is 4.90 Å². The number of nitrogens with zero attached hydrogens (tertiary/aromatic N) is 2. The summed E-state index contributed by atoms with van der Waals surface area (Å²) in [6.07, 6.45) is 8.45. The zero-order chi connectivity index (χ0) is 33.2. The third-order valence-electron chi connectivity index (χ3n) is 10.3. The topological polar surface area (TPSA) is 8.17 Å². The van der Waals surface area contributed by atoms with Crippen LogP contribution in [-0.4, -0.2) is 4.57 Å². The maximum atomic E-state index is 4.52. The van der Waals surface area contributed by atoms with Crippen molar-refractivity contribution in [3.63, 3.8) is 0 Å². The summed E-state index contributed by atoms with van der Waals surface area (Å²) >= 11 is 0. The number of rotatable bonds is 3. The van der Waals surface area contributed by atoms with Crippen molar-refractivity contribution in [3.8, 4) is 16.8 Å². The molecule has 234 valence electrons. The Morgan fingerprint density at radius 3 is 1.76 bits per heavy atom. The minimum atomic E-state index is 0.982. The van der Waals surface area contributed by atoms with E-state index >= 15 is 0 Å². The van der Waals surface area contributed by atoms with Crippen LogP contribution >= 0.6 is 0 Å². The van der Waals surface area contributed by atoms with E-state index in [1.807, 2.05) is 0 Å². The van der Waals surface area contributed by atoms with Gasteiger partial charge in [-0.2, -0.15) is 0 Å². The standard InChI is InChI=1S/C48H32N2/c1-32-13-11-12-28-49(36-24-25-41-39-18-6-5-16-37(39)38-17-7-8-19-40(38)44(41)31-36)46-26-22-33(29-43(32)46)34-23-27-48-45(30-34)42-20-9-10-21-47(42)50(48)35-14-3-2-4-15-35/h2-31H,1H2/b13-11-,28-12-. The molecule has 1 aliphatic rings. The Morgan fingerprint density at radius 2 is 1.00 bits per heavy atom. The van der Waals surface area contributed by atoms with Crippen molar-refractivity contribution in [1.82, 2.24) is 4.57 Å². The summed E-state index contributed by atoms with van der Waals surface area (Å²) in [4.78, 5) is 2.30. The quantitative estimate of drug-likeness (QED) is 0.175. The summed E-state index contributed by atoms with van der Waals surface area (Å²) in [5, 5.41) is 10.1. The molecule has 0 spiro atoms. The SMILES string of the molecule is C=C1/C=C\C=C/N(c2ccc3c4ccccc4c4ccccc4c3c2)c2ccc(-c3ccc4c(c3)c3ccccc3n4-c3ccccc3)cc21. The van der Waals surface area contributed by atoms with Crippen molar-refractivity contribution < 1.29 is 0 Å². The normalized spacial score (nSPS) is 14.3. The molecule has 2 heteroatoms. The maximum absolute atomic E-state index is 4.52. The van der Waals surface area contributed by atoms with Gasteiger partial charge >= 0.3 is 0 Å². The van der Waals surface area contributed by atoms with E-state index in [1.165, 1.54) is 65.4 Å². The Bertz CT molecular complexity index is 2850. The second-order valence-electron chi connectivity index (χ2n) is 13.1. The van der Waals surface area contributed by atoms with Gasteiger partial charge in [-0.1, -0.05) is 122 Å². The van der Waals surface area contributed by atoms with Gasteiger partial charge in [0.2, 0.25) is 0 Å². The molecule has 2 heterocycles. The van der Waals surface area contributed by atoms with Gasteiger partial charge in [-0.3, -0.25) is 0 Å². The van der Waals surface area contributed by atoms with Crippen molar-refractivity contribution in [3.05, 3.63) is 194 Å². The van der Waals surface area contributed by atoms with Gasteiger partial charge in [0.05, 0.1) is 16.7 Å². The fourth-order valence-corrected chi connectivity index (χ4v) is 7.94. The summed E-state index contributed by atoms with van der Waals surface area (Å²) < 4.78 is 2.36. The first-order chi connectivity index (χ1) is 24.7. The van der Waals surface area contributed by atoms with E-state index in [2.05, 4.69) is 198 Å². The van der Waals surface area contributed by atoms with Gasteiger partial charge in [0.1, 0.15) is 0 Å². The fourth-order valence-electron chi connectivity index (χ4n) is 7.94. The number of hydrogen-bond donors (Lipinski definition) is 0. The van der Waals surface area contributed by atoms with Crippen molar-refractivity contribution in [1.29, 1.82) is 0 Å². The molecule has 1 aromatic heterocycles. The zero-order valence-electron chi connectivity index (χ0n) is 27.4. The lowest BCUT2D eigenvalue weighted by molar-refractivity contribution is 1.18. The van der Waals surface area contributed by atoms with Crippen LogP contribution in [-0.2, 0) is 0 Å². The van der Waals surface area contributed by atoms with Crippen LogP contribution in [0, 0.1) is 0 Å². The number of anilines is 2. The number of allylic oxidation sites excluding steroid dienone is 4. The predicted octanol–water partition coefficient (Wildman–Crippen LogP) is 13.1. The predicted molar refractivity (Wildman–Crippen MR) is 215 cm³/mol. The molecule has 0 aliphatic carbocycles. The van der Waals surface area contributed by atoms with E-state index in [0.29, 0.717) is 0 Å². The van der Waals surface area contributed by atoms with Crippen molar-refractivity contribution >= 4 is 71.1 Å². The molecule has 0 amide bonds. The van der Waals surface area contributed by atoms with Gasteiger partial charge in [-0.25, -0.2) is 0 Å². The number of para-hydroxylation sites is 2. The van der Waals surface area contributed by atoms with Crippen LogP contribution < -0.4 is 4.90 Å². The van der Waals surface area contributed by atoms with E-state index in [-0.39, 0.29) is 0 Å². The second-order valence-corrected chi connectivity index (χ2v) is 13.1. The van der Waals surface area contributed by atoms with Gasteiger partial charge in [0.25, 0.3) is 0 Å². The Labute approximate surface area is 290 Å². The number of fused-ring (bicyclic) bond motifs is 10. The molecule has 0 fully saturated rings. The lowest BCUT2D eigenvalue weighted by Crippen LogP contribution is -2.11. The molecular formula is C48H32N2. The molecule has 0 atom stereocenters. The van der Waals surface area contributed by atoms with E-state index < -0.39 is 0 Å². The molecule has 0 saturated carbocycles. The lowest BCUT2D eigenvalue weighted by Gasteiger charge is -2.26. The summed E-state index contributed by atoms with van der Waals surface area (Å²) in [6, 6.07) is 57.3. The Kier molecular flexibility index (Phi) is 6.37. The Morgan fingerprint density at radius 1 is 0.400 bits per heavy atom. The molecule has 0 radical (unpaired) electrons. The molecule has 9 aromatic rings. The van der Waals surface area contributed by atoms with Gasteiger partial charge < -0.3 is 9.47 Å². The monoisotopic (exact) mass is 636 g/mol. The first-order valence-electron chi connectivity index (χ1n) is 17.1. The molecule has 0 saturated heterocycles. The summed E-state index contributed by atoms with van der Waals surface area (Å²) in [7, 11) is 0. The molecule has 50 heavy (non-hydrogen) atoms. The molecule has 1 aliphatic heterocycles. The van der Waals surface area contributed by atoms with Gasteiger partial charge in [0, 0.05) is 33.9 Å². The van der Waals surface area contributed by atoms with Crippen LogP contribution in [0.5, 0.6) is 0 Å². The molecule has 0 unspecified atom stereocenters. The molecule has 8 aromatic carbocycles. The van der Waals surface area contributed by atoms with Gasteiger partial charge in [-0.05, 0) is 110 Å². The van der Waals surface area contributed by atoms with E-state index in [9.17, 15) is 0 Å². The van der Waals surface area contributed by atoms with E-state index in [4.69, 9.17) is 0 Å². The lowest BCUT2D eigenvalue weighted by atomic mass is 9.93. The van der Waals surface area contributed by atoms with Gasteiger partial charge in [-0.15, -0.1) is 0 Å². The maximum Gasteiger partial charge on any atom is 0.0541 e. The average molecular weight is 637 g/mol. The third-order valence-corrected chi connectivity index (χ3v) is 10.3. The highest BCUT2D eigenvalue weighted by Crippen LogP contribution is 2.42. The highest BCUT2D eigenvalue weighted by atomic mass is 15.1. The van der Waals surface area contributed by atoms with Crippen LogP contribution in [0.3, 0.4) is 0 Å². The minimum Gasteiger partial charge on any atom is -0.317 e. The first kappa shape index (κ1) is 28.4. The molecule has 0 N–H and O–H groups in total. The van der Waals surface area contributed by atoms with Crippen LogP contribution in [0.2, 0.25) is 0 Å². The number of aromatic nitrogens is 1. The number of hydrogen-bond acceptors (Lipinski definition) is 1. The van der Waals surface area contributed by atoms with Crippen LogP contribution in [0.25, 0.3) is 76.5 Å². The Hall–Kier alpha value is -6.64. The van der Waals surface area contributed by atoms with E-state index in [0.717, 1.165) is 28.1 Å².